The minimum atomic E-state index is 0.715. The number of benzene rings is 2. The molecule has 0 fully saturated rings. The summed E-state index contributed by atoms with van der Waals surface area (Å²) in [6.45, 7) is 1.60. The number of aryl methyl sites for hydroxylation is 1. The Bertz CT molecular complexity index is 1390. The van der Waals surface area contributed by atoms with Gasteiger partial charge in [-0.15, -0.1) is 0 Å². The van der Waals surface area contributed by atoms with Crippen molar-refractivity contribution in [3.05, 3.63) is 78.1 Å². The first kappa shape index (κ1) is 20.2. The largest absolute Gasteiger partial charge is 0.493 e. The minimum Gasteiger partial charge on any atom is -0.493 e. The highest BCUT2D eigenvalue weighted by molar-refractivity contribution is 5.99. The normalized spacial score (nSPS) is 11.3. The van der Waals surface area contributed by atoms with Crippen LogP contribution in [0.15, 0.2) is 67.0 Å². The zero-order chi connectivity index (χ0) is 22.1. The van der Waals surface area contributed by atoms with E-state index in [-0.39, 0.29) is 0 Å². The van der Waals surface area contributed by atoms with Crippen molar-refractivity contribution in [1.82, 2.24) is 19.9 Å². The zero-order valence-electron chi connectivity index (χ0n) is 18.5. The molecule has 0 aliphatic heterocycles. The second kappa shape index (κ2) is 8.40. The van der Waals surface area contributed by atoms with Gasteiger partial charge in [0.1, 0.15) is 5.65 Å². The zero-order valence-corrected chi connectivity index (χ0v) is 18.5. The van der Waals surface area contributed by atoms with Crippen molar-refractivity contribution in [2.75, 3.05) is 14.2 Å². The minimum absolute atomic E-state index is 0.715. The number of hydrogen-bond acceptors (Lipinski definition) is 4. The van der Waals surface area contributed by atoms with Crippen LogP contribution < -0.4 is 14.8 Å². The van der Waals surface area contributed by atoms with Gasteiger partial charge in [-0.3, -0.25) is 0 Å². The molecule has 0 saturated heterocycles. The second-order valence-electron chi connectivity index (χ2n) is 7.88. The topological polar surface area (TPSA) is 64.1 Å². The monoisotopic (exact) mass is 426 g/mol. The Morgan fingerprint density at radius 3 is 2.50 bits per heavy atom. The number of nitrogens with zero attached hydrogens (tertiary/aromatic N) is 2. The van der Waals surface area contributed by atoms with Gasteiger partial charge in [-0.05, 0) is 29.3 Å². The molecule has 162 valence electrons. The third-order valence-electron chi connectivity index (χ3n) is 5.89. The molecule has 5 rings (SSSR count). The summed E-state index contributed by atoms with van der Waals surface area (Å²) in [5.74, 6) is 1.44. The van der Waals surface area contributed by atoms with Crippen molar-refractivity contribution < 1.29 is 9.47 Å². The van der Waals surface area contributed by atoms with Crippen LogP contribution in [-0.4, -0.2) is 28.8 Å². The quantitative estimate of drug-likeness (QED) is 0.383. The lowest BCUT2D eigenvalue weighted by molar-refractivity contribution is 0.355. The average molecular weight is 427 g/mol. The Labute approximate surface area is 186 Å². The summed E-state index contributed by atoms with van der Waals surface area (Å²) in [5, 5.41) is 5.77. The van der Waals surface area contributed by atoms with E-state index in [1.807, 2.05) is 31.4 Å². The molecule has 3 heterocycles. The van der Waals surface area contributed by atoms with E-state index in [0.29, 0.717) is 5.75 Å². The molecule has 3 aromatic heterocycles. The number of pyridine rings is 1. The van der Waals surface area contributed by atoms with E-state index in [2.05, 4.69) is 62.4 Å². The SMILES string of the molecule is COc1cc2c(-c3cc4c(CNCc5ccccc5)ccnc4[nH]3)cn(C)c2cc1OC. The lowest BCUT2D eigenvalue weighted by atomic mass is 10.1. The number of ether oxygens (including phenoxy) is 2. The Balaban J connectivity index is 1.50. The first-order valence-electron chi connectivity index (χ1n) is 10.6. The second-order valence-corrected chi connectivity index (χ2v) is 7.88. The van der Waals surface area contributed by atoms with Crippen LogP contribution in [0.25, 0.3) is 33.2 Å². The van der Waals surface area contributed by atoms with Crippen LogP contribution in [-0.2, 0) is 20.1 Å². The summed E-state index contributed by atoms with van der Waals surface area (Å²) in [5.41, 5.74) is 6.58. The van der Waals surface area contributed by atoms with Gasteiger partial charge in [-0.1, -0.05) is 30.3 Å². The molecule has 6 heteroatoms. The van der Waals surface area contributed by atoms with Gasteiger partial charge in [0, 0.05) is 60.6 Å². The summed E-state index contributed by atoms with van der Waals surface area (Å²) in [7, 11) is 5.36. The van der Waals surface area contributed by atoms with Crippen LogP contribution in [0, 0.1) is 0 Å². The number of methoxy groups -OCH3 is 2. The van der Waals surface area contributed by atoms with Crippen LogP contribution in [0.1, 0.15) is 11.1 Å². The summed E-state index contributed by atoms with van der Waals surface area (Å²) in [4.78, 5) is 8.08. The Morgan fingerprint density at radius 1 is 0.938 bits per heavy atom. The summed E-state index contributed by atoms with van der Waals surface area (Å²) >= 11 is 0. The molecule has 0 aliphatic rings. The summed E-state index contributed by atoms with van der Waals surface area (Å²) in [6.07, 6.45) is 3.99. The van der Waals surface area contributed by atoms with Gasteiger partial charge in [0.25, 0.3) is 0 Å². The van der Waals surface area contributed by atoms with Gasteiger partial charge in [-0.25, -0.2) is 4.98 Å². The lowest BCUT2D eigenvalue weighted by Crippen LogP contribution is -2.12. The standard InChI is InChI=1S/C26H26N4O2/c1-30-16-21(20-12-24(31-2)25(32-3)13-23(20)30)22-11-19-18(9-10-28-26(19)29-22)15-27-14-17-7-5-4-6-8-17/h4-13,16,27H,14-15H2,1-3H3,(H,28,29). The number of hydrogen-bond donors (Lipinski definition) is 2. The molecule has 0 radical (unpaired) electrons. The number of H-pyrrole nitrogens is 1. The molecule has 0 saturated carbocycles. The molecular formula is C26H26N4O2. The van der Waals surface area contributed by atoms with Crippen LogP contribution in [0.2, 0.25) is 0 Å². The molecule has 5 aromatic rings. The first-order chi connectivity index (χ1) is 15.7. The van der Waals surface area contributed by atoms with E-state index < -0.39 is 0 Å². The van der Waals surface area contributed by atoms with Gasteiger partial charge < -0.3 is 24.3 Å². The van der Waals surface area contributed by atoms with Gasteiger partial charge >= 0.3 is 0 Å². The summed E-state index contributed by atoms with van der Waals surface area (Å²) in [6, 6.07) is 18.7. The molecular weight excluding hydrogens is 400 g/mol. The maximum Gasteiger partial charge on any atom is 0.162 e. The van der Waals surface area contributed by atoms with Crippen molar-refractivity contribution in [3.8, 4) is 22.8 Å². The number of aromatic nitrogens is 3. The average Bonchev–Trinajstić information content (AvgIpc) is 3.40. The van der Waals surface area contributed by atoms with E-state index >= 15 is 0 Å². The maximum absolute atomic E-state index is 5.54. The fourth-order valence-electron chi connectivity index (χ4n) is 4.24. The van der Waals surface area contributed by atoms with E-state index in [9.17, 15) is 0 Å². The molecule has 0 atom stereocenters. The number of nitrogens with one attached hydrogen (secondary N) is 2. The highest BCUT2D eigenvalue weighted by Gasteiger charge is 2.16. The van der Waals surface area contributed by atoms with E-state index in [0.717, 1.165) is 52.0 Å². The van der Waals surface area contributed by atoms with Crippen molar-refractivity contribution in [1.29, 1.82) is 0 Å². The van der Waals surface area contributed by atoms with Crippen LogP contribution in [0.3, 0.4) is 0 Å². The van der Waals surface area contributed by atoms with Crippen LogP contribution in [0.5, 0.6) is 11.5 Å². The van der Waals surface area contributed by atoms with Gasteiger partial charge in [0.05, 0.1) is 19.7 Å². The molecule has 32 heavy (non-hydrogen) atoms. The van der Waals surface area contributed by atoms with Gasteiger partial charge in [-0.2, -0.15) is 0 Å². The molecule has 0 spiro atoms. The Hall–Kier alpha value is -3.77. The molecule has 0 aliphatic carbocycles. The van der Waals surface area contributed by atoms with E-state index in [1.165, 1.54) is 11.1 Å². The van der Waals surface area contributed by atoms with Crippen molar-refractivity contribution >= 4 is 21.9 Å². The van der Waals surface area contributed by atoms with Crippen molar-refractivity contribution in [2.24, 2.45) is 7.05 Å². The summed E-state index contributed by atoms with van der Waals surface area (Å²) < 4.78 is 13.1. The predicted molar refractivity (Wildman–Crippen MR) is 128 cm³/mol. The molecule has 6 nitrogen and oxygen atoms in total. The highest BCUT2D eigenvalue weighted by atomic mass is 16.5. The van der Waals surface area contributed by atoms with Gasteiger partial charge in [0.2, 0.25) is 0 Å². The third kappa shape index (κ3) is 3.59. The number of fused-ring (bicyclic) bond motifs is 2. The number of aromatic amines is 1. The molecule has 0 bridgehead atoms. The Morgan fingerprint density at radius 2 is 1.72 bits per heavy atom. The predicted octanol–water partition coefficient (Wildman–Crippen LogP) is 5.03. The molecule has 2 aromatic carbocycles. The number of rotatable bonds is 7. The lowest BCUT2D eigenvalue weighted by Gasteiger charge is -2.08. The van der Waals surface area contributed by atoms with Crippen molar-refractivity contribution in [3.63, 3.8) is 0 Å². The van der Waals surface area contributed by atoms with Crippen LogP contribution in [0.4, 0.5) is 0 Å². The fraction of sp³-hybridized carbons (Fsp3) is 0.192. The fourth-order valence-corrected chi connectivity index (χ4v) is 4.24. The van der Waals surface area contributed by atoms with Gasteiger partial charge in [0.15, 0.2) is 11.5 Å². The third-order valence-corrected chi connectivity index (χ3v) is 5.89. The Kier molecular flexibility index (Phi) is 5.29. The molecule has 2 N–H and O–H groups in total. The van der Waals surface area contributed by atoms with E-state index in [4.69, 9.17) is 9.47 Å². The smallest absolute Gasteiger partial charge is 0.162 e. The molecule has 0 amide bonds. The molecule has 0 unspecified atom stereocenters. The van der Waals surface area contributed by atoms with Crippen molar-refractivity contribution in [2.45, 2.75) is 13.1 Å². The maximum atomic E-state index is 5.54. The highest BCUT2D eigenvalue weighted by Crippen LogP contribution is 2.38. The van der Waals surface area contributed by atoms with Crippen LogP contribution >= 0.6 is 0 Å². The van der Waals surface area contributed by atoms with E-state index in [1.54, 1.807) is 14.2 Å². The first-order valence-corrected chi connectivity index (χ1v) is 10.6.